The molecule has 3 aromatic rings. The van der Waals surface area contributed by atoms with Gasteiger partial charge in [-0.05, 0) is 29.5 Å². The minimum absolute atomic E-state index is 0.00787. The van der Waals surface area contributed by atoms with Crippen LogP contribution in [0.1, 0.15) is 42.4 Å². The van der Waals surface area contributed by atoms with Gasteiger partial charge in [0.25, 0.3) is 0 Å². The van der Waals surface area contributed by atoms with Crippen molar-refractivity contribution in [3.05, 3.63) is 108 Å². The number of unbranched alkanes of at least 4 members (excludes halogenated alkanes) is 1. The summed E-state index contributed by atoms with van der Waals surface area (Å²) in [4.78, 5) is 10.9. The number of carbonyl (C=O) groups is 1. The van der Waals surface area contributed by atoms with Gasteiger partial charge in [-0.15, -0.1) is 0 Å². The predicted molar refractivity (Wildman–Crippen MR) is 118 cm³/mol. The Morgan fingerprint density at radius 2 is 1.14 bits per heavy atom. The first-order valence-electron chi connectivity index (χ1n) is 9.72. The molecule has 0 saturated carbocycles. The lowest BCUT2D eigenvalue weighted by molar-refractivity contribution is -0.137. The molecule has 0 aliphatic rings. The Morgan fingerprint density at radius 1 is 0.750 bits per heavy atom. The molecule has 0 aromatic heterocycles. The summed E-state index contributed by atoms with van der Waals surface area (Å²) in [7, 11) is 0. The fraction of sp³-hybridized carbons (Fsp3) is 0.240. The molecule has 0 saturated heterocycles. The van der Waals surface area contributed by atoms with Crippen molar-refractivity contribution < 1.29 is 9.90 Å². The van der Waals surface area contributed by atoms with Crippen LogP contribution in [0.3, 0.4) is 0 Å². The molecular formula is C25H26O2S. The molecule has 0 heterocycles. The maximum Gasteiger partial charge on any atom is 0.303 e. The Balaban J connectivity index is 2.10. The lowest BCUT2D eigenvalue weighted by Crippen LogP contribution is -2.39. The minimum atomic E-state index is -0.740. The van der Waals surface area contributed by atoms with E-state index >= 15 is 0 Å². The summed E-state index contributed by atoms with van der Waals surface area (Å²) in [5.41, 5.74) is 3.19. The normalized spacial score (nSPS) is 12.5. The second-order valence-corrected chi connectivity index (χ2v) is 7.68. The van der Waals surface area contributed by atoms with E-state index in [0.29, 0.717) is 6.42 Å². The number of carboxylic acids is 1. The molecule has 1 unspecified atom stereocenters. The molecule has 28 heavy (non-hydrogen) atoms. The van der Waals surface area contributed by atoms with Crippen LogP contribution in [0.4, 0.5) is 0 Å². The summed E-state index contributed by atoms with van der Waals surface area (Å²) in [5, 5.41) is 8.96. The molecule has 3 aromatic carbocycles. The Kier molecular flexibility index (Phi) is 6.94. The van der Waals surface area contributed by atoms with E-state index in [1.54, 1.807) is 0 Å². The Labute approximate surface area is 172 Å². The largest absolute Gasteiger partial charge is 0.481 e. The Bertz CT molecular complexity index is 766. The zero-order valence-electron chi connectivity index (χ0n) is 15.9. The second-order valence-electron chi connectivity index (χ2n) is 7.06. The van der Waals surface area contributed by atoms with Crippen LogP contribution in [-0.2, 0) is 10.2 Å². The summed E-state index contributed by atoms with van der Waals surface area (Å²) in [6, 6.07) is 31.5. The highest BCUT2D eigenvalue weighted by atomic mass is 32.1. The van der Waals surface area contributed by atoms with Crippen LogP contribution in [0.5, 0.6) is 0 Å². The summed E-state index contributed by atoms with van der Waals surface area (Å²) in [6.45, 7) is 0. The Morgan fingerprint density at radius 3 is 1.50 bits per heavy atom. The van der Waals surface area contributed by atoms with Crippen LogP contribution < -0.4 is 0 Å². The van der Waals surface area contributed by atoms with Gasteiger partial charge in [0, 0.05) is 11.7 Å². The van der Waals surface area contributed by atoms with E-state index in [-0.39, 0.29) is 11.7 Å². The van der Waals surface area contributed by atoms with E-state index in [1.807, 2.05) is 18.2 Å². The van der Waals surface area contributed by atoms with Gasteiger partial charge in [-0.2, -0.15) is 12.6 Å². The summed E-state index contributed by atoms with van der Waals surface area (Å²) < 4.78 is 0. The number of thiol groups is 1. The van der Waals surface area contributed by atoms with Crippen molar-refractivity contribution in [2.45, 2.75) is 36.3 Å². The van der Waals surface area contributed by atoms with Gasteiger partial charge in [0.2, 0.25) is 0 Å². The monoisotopic (exact) mass is 390 g/mol. The molecule has 3 rings (SSSR count). The second kappa shape index (κ2) is 9.61. The third-order valence-corrected chi connectivity index (χ3v) is 5.95. The van der Waals surface area contributed by atoms with Crippen molar-refractivity contribution in [1.29, 1.82) is 0 Å². The summed E-state index contributed by atoms with van der Waals surface area (Å²) in [6.07, 6.45) is 2.53. The molecule has 3 heteroatoms. The highest BCUT2D eigenvalue weighted by molar-refractivity contribution is 7.81. The van der Waals surface area contributed by atoms with Crippen molar-refractivity contribution in [2.75, 3.05) is 0 Å². The number of hydrogen-bond donors (Lipinski definition) is 2. The van der Waals surface area contributed by atoms with Gasteiger partial charge in [0.15, 0.2) is 0 Å². The van der Waals surface area contributed by atoms with Crippen LogP contribution in [-0.4, -0.2) is 16.3 Å². The maximum atomic E-state index is 10.9. The minimum Gasteiger partial charge on any atom is -0.481 e. The van der Waals surface area contributed by atoms with Gasteiger partial charge in [-0.25, -0.2) is 0 Å². The predicted octanol–water partition coefficient (Wildman–Crippen LogP) is 5.96. The highest BCUT2D eigenvalue weighted by Gasteiger charge is 2.41. The third kappa shape index (κ3) is 4.31. The number of benzene rings is 3. The van der Waals surface area contributed by atoms with Crippen molar-refractivity contribution in [2.24, 2.45) is 0 Å². The fourth-order valence-corrected chi connectivity index (χ4v) is 4.64. The first-order chi connectivity index (χ1) is 13.7. The topological polar surface area (TPSA) is 37.3 Å². The highest BCUT2D eigenvalue weighted by Crippen LogP contribution is 2.45. The van der Waals surface area contributed by atoms with Crippen molar-refractivity contribution in [3.8, 4) is 0 Å². The molecule has 1 atom stereocenters. The van der Waals surface area contributed by atoms with E-state index in [0.717, 1.165) is 12.8 Å². The van der Waals surface area contributed by atoms with E-state index in [4.69, 9.17) is 17.7 Å². The molecule has 0 aliphatic carbocycles. The first kappa shape index (κ1) is 20.2. The molecule has 0 bridgehead atoms. The molecule has 1 N–H and O–H groups in total. The standard InChI is InChI=1S/C25H26O2S/c26-24(27)19-11-10-18-23(28)25(20-12-4-1-5-13-20,21-14-6-2-7-15-21)22-16-8-3-9-17-22/h1-9,12-17,23,28H,10-11,18-19H2,(H,26,27). The SMILES string of the molecule is O=C(O)CCCCC(S)C(c1ccccc1)(c1ccccc1)c1ccccc1. The Hall–Kier alpha value is -2.52. The van der Waals surface area contributed by atoms with Crippen LogP contribution in [0.25, 0.3) is 0 Å². The van der Waals surface area contributed by atoms with Crippen LogP contribution in [0.2, 0.25) is 0 Å². The average Bonchev–Trinajstić information content (AvgIpc) is 2.74. The van der Waals surface area contributed by atoms with Crippen LogP contribution in [0, 0.1) is 0 Å². The molecule has 0 amide bonds. The zero-order chi connectivity index (χ0) is 19.8. The first-order valence-corrected chi connectivity index (χ1v) is 10.2. The van der Waals surface area contributed by atoms with E-state index < -0.39 is 11.4 Å². The smallest absolute Gasteiger partial charge is 0.303 e. The van der Waals surface area contributed by atoms with E-state index in [1.165, 1.54) is 16.7 Å². The van der Waals surface area contributed by atoms with E-state index in [9.17, 15) is 4.79 Å². The van der Waals surface area contributed by atoms with Crippen LogP contribution >= 0.6 is 12.6 Å². The van der Waals surface area contributed by atoms with Crippen molar-refractivity contribution in [3.63, 3.8) is 0 Å². The van der Waals surface area contributed by atoms with Gasteiger partial charge in [-0.3, -0.25) is 4.79 Å². The quantitative estimate of drug-likeness (QED) is 0.268. The van der Waals surface area contributed by atoms with Crippen LogP contribution in [0.15, 0.2) is 91.0 Å². The number of rotatable bonds is 9. The van der Waals surface area contributed by atoms with Gasteiger partial charge < -0.3 is 5.11 Å². The molecule has 0 fully saturated rings. The zero-order valence-corrected chi connectivity index (χ0v) is 16.8. The summed E-state index contributed by atoms with van der Waals surface area (Å²) >= 11 is 5.12. The average molecular weight is 391 g/mol. The fourth-order valence-electron chi connectivity index (χ4n) is 4.01. The van der Waals surface area contributed by atoms with Gasteiger partial charge >= 0.3 is 5.97 Å². The molecule has 0 aliphatic heterocycles. The van der Waals surface area contributed by atoms with Crippen molar-refractivity contribution in [1.82, 2.24) is 0 Å². The maximum absolute atomic E-state index is 10.9. The third-order valence-electron chi connectivity index (χ3n) is 5.31. The molecular weight excluding hydrogens is 364 g/mol. The van der Waals surface area contributed by atoms with Gasteiger partial charge in [0.1, 0.15) is 0 Å². The molecule has 2 nitrogen and oxygen atoms in total. The molecule has 144 valence electrons. The summed E-state index contributed by atoms with van der Waals surface area (Å²) in [5.74, 6) is -0.740. The van der Waals surface area contributed by atoms with E-state index in [2.05, 4.69) is 72.8 Å². The molecule has 0 spiro atoms. The van der Waals surface area contributed by atoms with Gasteiger partial charge in [0.05, 0.1) is 5.41 Å². The number of carboxylic acid groups (broad SMARTS) is 1. The lowest BCUT2D eigenvalue weighted by Gasteiger charge is -2.41. The number of aliphatic carboxylic acids is 1. The number of hydrogen-bond acceptors (Lipinski definition) is 2. The van der Waals surface area contributed by atoms with Gasteiger partial charge in [-0.1, -0.05) is 97.4 Å². The van der Waals surface area contributed by atoms with Crippen molar-refractivity contribution >= 4 is 18.6 Å². The lowest BCUT2D eigenvalue weighted by atomic mass is 9.66. The molecule has 0 radical (unpaired) electrons.